The van der Waals surface area contributed by atoms with Crippen molar-refractivity contribution in [3.63, 3.8) is 0 Å². The maximum Gasteiger partial charge on any atom is 0.340 e. The summed E-state index contributed by atoms with van der Waals surface area (Å²) in [6.45, 7) is -0.635. The second kappa shape index (κ2) is 8.97. The molecule has 0 bridgehead atoms. The monoisotopic (exact) mass is 470 g/mol. The number of aromatic nitrogens is 4. The van der Waals surface area contributed by atoms with Gasteiger partial charge in [-0.3, -0.25) is 14.9 Å². The molecule has 1 aliphatic heterocycles. The van der Waals surface area contributed by atoms with Crippen LogP contribution < -0.4 is 0 Å². The van der Waals surface area contributed by atoms with Gasteiger partial charge in [-0.1, -0.05) is 0 Å². The van der Waals surface area contributed by atoms with Gasteiger partial charge in [0.25, 0.3) is 11.6 Å². The lowest BCUT2D eigenvalue weighted by molar-refractivity contribution is -0.384. The predicted molar refractivity (Wildman–Crippen MR) is 106 cm³/mol. The average molecular weight is 470 g/mol. The second-order valence-electron chi connectivity index (χ2n) is 6.76. The number of nitro groups is 1. The number of esters is 1. The third kappa shape index (κ3) is 5.35. The topological polar surface area (TPSA) is 167 Å². The van der Waals surface area contributed by atoms with Gasteiger partial charge in [-0.2, -0.15) is 0 Å². The van der Waals surface area contributed by atoms with Crippen LogP contribution in [0.1, 0.15) is 16.8 Å². The van der Waals surface area contributed by atoms with Gasteiger partial charge >= 0.3 is 5.97 Å². The van der Waals surface area contributed by atoms with Crippen LogP contribution in [-0.2, 0) is 26.4 Å². The number of likely N-dealkylation sites (N-methyl/N-ethyl adjacent to an activating group) is 1. The zero-order chi connectivity index (χ0) is 22.8. The van der Waals surface area contributed by atoms with Gasteiger partial charge < -0.3 is 9.64 Å². The molecule has 0 saturated carbocycles. The first-order valence-electron chi connectivity index (χ1n) is 8.89. The molecule has 3 rings (SSSR count). The van der Waals surface area contributed by atoms with E-state index < -0.39 is 39.3 Å². The summed E-state index contributed by atoms with van der Waals surface area (Å²) in [4.78, 5) is 37.0. The van der Waals surface area contributed by atoms with Gasteiger partial charge in [0, 0.05) is 37.2 Å². The lowest BCUT2D eigenvalue weighted by Gasteiger charge is -2.23. The summed E-state index contributed by atoms with van der Waals surface area (Å²) in [7, 11) is -0.153. The highest BCUT2D eigenvalue weighted by molar-refractivity contribution is 7.99. The molecule has 0 aliphatic carbocycles. The number of nitro benzene ring substituents is 1. The number of non-ortho nitro benzene ring substituents is 1. The molecule has 0 radical (unpaired) electrons. The van der Waals surface area contributed by atoms with Gasteiger partial charge in [-0.15, -0.1) is 5.10 Å². The van der Waals surface area contributed by atoms with Crippen molar-refractivity contribution in [2.75, 3.05) is 25.2 Å². The minimum absolute atomic E-state index is 0.000243. The predicted octanol–water partition coefficient (Wildman–Crippen LogP) is 0.0718. The lowest BCUT2D eigenvalue weighted by Crippen LogP contribution is -2.40. The molecule has 1 saturated heterocycles. The zero-order valence-corrected chi connectivity index (χ0v) is 18.1. The largest absolute Gasteiger partial charge is 0.452 e. The van der Waals surface area contributed by atoms with E-state index in [1.165, 1.54) is 28.8 Å². The fraction of sp³-hybridized carbons (Fsp3) is 0.438. The number of amides is 1. The van der Waals surface area contributed by atoms with E-state index in [0.29, 0.717) is 16.5 Å². The number of carbonyl (C=O) groups excluding carboxylic acids is 2. The highest BCUT2D eigenvalue weighted by Crippen LogP contribution is 2.31. The molecule has 1 aliphatic rings. The molecular weight excluding hydrogens is 452 g/mol. The van der Waals surface area contributed by atoms with Crippen LogP contribution in [0, 0.1) is 10.1 Å². The molecule has 1 aromatic carbocycles. The highest BCUT2D eigenvalue weighted by atomic mass is 32.2. The minimum Gasteiger partial charge on any atom is -0.452 e. The first-order valence-corrected chi connectivity index (χ1v) is 11.5. The van der Waals surface area contributed by atoms with Crippen molar-refractivity contribution in [2.24, 2.45) is 7.05 Å². The van der Waals surface area contributed by atoms with Gasteiger partial charge in [-0.25, -0.2) is 17.9 Å². The standard InChI is InChI=1S/C16H18N6O7S2/c1-20(11-5-6-31(27,28)9-11)14(23)8-29-15(24)12-7-10(22(25)26)3-4-13(12)30-16-17-18-19-21(16)2/h3-4,7,11H,5-6,8-9H2,1-2H3/t11-/m1/s1. The van der Waals surface area contributed by atoms with Gasteiger partial charge in [-0.05, 0) is 34.7 Å². The van der Waals surface area contributed by atoms with E-state index in [-0.39, 0.29) is 22.8 Å². The van der Waals surface area contributed by atoms with Gasteiger partial charge in [0.15, 0.2) is 16.4 Å². The number of carbonyl (C=O) groups is 2. The summed E-state index contributed by atoms with van der Waals surface area (Å²) >= 11 is 0.998. The molecule has 1 atom stereocenters. The Labute approximate surface area is 180 Å². The zero-order valence-electron chi connectivity index (χ0n) is 16.5. The smallest absolute Gasteiger partial charge is 0.340 e. The van der Waals surface area contributed by atoms with E-state index >= 15 is 0 Å². The van der Waals surface area contributed by atoms with Gasteiger partial charge in [0.1, 0.15) is 0 Å². The molecule has 166 valence electrons. The van der Waals surface area contributed by atoms with Gasteiger partial charge in [0.2, 0.25) is 5.16 Å². The van der Waals surface area contributed by atoms with Crippen LogP contribution >= 0.6 is 11.8 Å². The number of hydrogen-bond acceptors (Lipinski definition) is 11. The highest BCUT2D eigenvalue weighted by Gasteiger charge is 2.33. The van der Waals surface area contributed by atoms with Crippen LogP contribution in [0.4, 0.5) is 5.69 Å². The summed E-state index contributed by atoms with van der Waals surface area (Å²) in [6, 6.07) is 3.16. The summed E-state index contributed by atoms with van der Waals surface area (Å²) in [5.74, 6) is -1.66. The number of hydrogen-bond donors (Lipinski definition) is 0. The Hall–Kier alpha value is -3.07. The Kier molecular flexibility index (Phi) is 6.54. The Morgan fingerprint density at radius 1 is 1.42 bits per heavy atom. The molecule has 1 fully saturated rings. The number of aryl methyl sites for hydroxylation is 1. The molecule has 13 nitrogen and oxygen atoms in total. The summed E-state index contributed by atoms with van der Waals surface area (Å²) in [6.07, 6.45) is 0.315. The van der Waals surface area contributed by atoms with Crippen molar-refractivity contribution in [3.8, 4) is 0 Å². The molecular formula is C16H18N6O7S2. The summed E-state index contributed by atoms with van der Waals surface area (Å²) in [5.41, 5.74) is -0.451. The Bertz CT molecular complexity index is 1130. The van der Waals surface area contributed by atoms with E-state index in [1.807, 2.05) is 0 Å². The maximum absolute atomic E-state index is 12.6. The number of sulfone groups is 1. The number of ether oxygens (including phenoxy) is 1. The van der Waals surface area contributed by atoms with Crippen LogP contribution in [0.25, 0.3) is 0 Å². The summed E-state index contributed by atoms with van der Waals surface area (Å²) < 4.78 is 29.6. The maximum atomic E-state index is 12.6. The SMILES string of the molecule is CN(C(=O)COC(=O)c1cc([N+](=O)[O-])ccc1Sc1nnnn1C)[C@@H]1CCS(=O)(=O)C1. The van der Waals surface area contributed by atoms with Crippen LogP contribution in [-0.4, -0.2) is 81.5 Å². The van der Waals surface area contributed by atoms with Crippen LogP contribution in [0.3, 0.4) is 0 Å². The van der Waals surface area contributed by atoms with E-state index in [9.17, 15) is 28.1 Å². The van der Waals surface area contributed by atoms with E-state index in [1.54, 1.807) is 7.05 Å². The molecule has 2 heterocycles. The number of nitrogens with zero attached hydrogens (tertiary/aromatic N) is 6. The molecule has 0 unspecified atom stereocenters. The van der Waals surface area contributed by atoms with Crippen LogP contribution in [0.15, 0.2) is 28.3 Å². The first kappa shape index (κ1) is 22.6. The first-order chi connectivity index (χ1) is 14.6. The van der Waals surface area contributed by atoms with Crippen molar-refractivity contribution in [1.82, 2.24) is 25.1 Å². The van der Waals surface area contributed by atoms with Crippen molar-refractivity contribution in [3.05, 3.63) is 33.9 Å². The van der Waals surface area contributed by atoms with Gasteiger partial charge in [0.05, 0.1) is 22.0 Å². The molecule has 1 aromatic heterocycles. The number of benzene rings is 1. The second-order valence-corrected chi connectivity index (χ2v) is 10.0. The molecule has 31 heavy (non-hydrogen) atoms. The van der Waals surface area contributed by atoms with E-state index in [2.05, 4.69) is 15.5 Å². The van der Waals surface area contributed by atoms with Crippen LogP contribution in [0.2, 0.25) is 0 Å². The van der Waals surface area contributed by atoms with Crippen molar-refractivity contribution in [1.29, 1.82) is 0 Å². The molecule has 15 heteroatoms. The molecule has 1 amide bonds. The van der Waals surface area contributed by atoms with Crippen molar-refractivity contribution < 1.29 is 27.7 Å². The number of tetrazole rings is 1. The summed E-state index contributed by atoms with van der Waals surface area (Å²) in [5, 5.41) is 22.4. The molecule has 0 N–H and O–H groups in total. The average Bonchev–Trinajstić information content (AvgIpc) is 3.29. The lowest BCUT2D eigenvalue weighted by atomic mass is 10.2. The quantitative estimate of drug-likeness (QED) is 0.305. The third-order valence-electron chi connectivity index (χ3n) is 4.65. The fourth-order valence-electron chi connectivity index (χ4n) is 2.88. The fourth-order valence-corrected chi connectivity index (χ4v) is 5.48. The van der Waals surface area contributed by atoms with Crippen molar-refractivity contribution in [2.45, 2.75) is 22.5 Å². The Morgan fingerprint density at radius 2 is 2.16 bits per heavy atom. The molecule has 0 spiro atoms. The third-order valence-corrected chi connectivity index (χ3v) is 7.51. The van der Waals surface area contributed by atoms with Crippen molar-refractivity contribution >= 4 is 39.2 Å². The van der Waals surface area contributed by atoms with E-state index in [4.69, 9.17) is 4.74 Å². The minimum atomic E-state index is -3.18. The Morgan fingerprint density at radius 3 is 2.74 bits per heavy atom. The number of rotatable bonds is 7. The van der Waals surface area contributed by atoms with E-state index in [0.717, 1.165) is 17.8 Å². The molecule has 2 aromatic rings. The van der Waals surface area contributed by atoms with Crippen LogP contribution in [0.5, 0.6) is 0 Å². The Balaban J connectivity index is 1.73. The normalized spacial score (nSPS) is 17.3.